The molecule has 0 aliphatic rings. The third-order valence-electron chi connectivity index (χ3n) is 3.90. The molecule has 2 aromatic carbocycles. The smallest absolute Gasteiger partial charge is 0.370 e. The first-order valence-corrected chi connectivity index (χ1v) is 10.5. The predicted molar refractivity (Wildman–Crippen MR) is 123 cm³/mol. The third kappa shape index (κ3) is 15.4. The van der Waals surface area contributed by atoms with Crippen LogP contribution in [-0.2, 0) is 23.5 Å². The summed E-state index contributed by atoms with van der Waals surface area (Å²) in [7, 11) is -1.05. The van der Waals surface area contributed by atoms with Crippen molar-refractivity contribution in [2.75, 3.05) is 14.1 Å². The fraction of sp³-hybridized carbons (Fsp3) is 0.300. The van der Waals surface area contributed by atoms with Crippen LogP contribution in [0.1, 0.15) is 22.3 Å². The van der Waals surface area contributed by atoms with Gasteiger partial charge >= 0.3 is 10.4 Å². The first-order chi connectivity index (χ1) is 14.2. The molecule has 0 aliphatic heterocycles. The first kappa shape index (κ1) is 27.8. The average Bonchev–Trinajstić information content (AvgIpc) is 2.64. The van der Waals surface area contributed by atoms with Gasteiger partial charge in [-0.3, -0.25) is 19.9 Å². The van der Waals surface area contributed by atoms with Gasteiger partial charge in [-0.2, -0.15) is 8.42 Å². The normalized spacial score (nSPS) is 10.0. The monoisotopic (exact) mass is 452 g/mol. The fourth-order valence-electron chi connectivity index (χ4n) is 2.11. The lowest BCUT2D eigenvalue weighted by molar-refractivity contribution is 0.381. The Labute approximate surface area is 184 Å². The first-order valence-electron chi connectivity index (χ1n) is 9.10. The van der Waals surface area contributed by atoms with Crippen molar-refractivity contribution >= 4 is 22.3 Å². The number of rotatable bonds is 4. The number of nitrogens with one attached hydrogen (secondary N) is 2. The molecule has 0 amide bonds. The maximum atomic E-state index is 8.74. The van der Waals surface area contributed by atoms with Crippen LogP contribution in [0.5, 0.6) is 0 Å². The minimum atomic E-state index is -4.67. The Balaban J connectivity index is 0.000000479. The SMILES string of the molecule is Cc1ccc(CN(C)C(=N)N)cc1.Cc1ccc(CN(C)C(=N)N)cc1.O=S(=O)(O)O. The molecule has 172 valence electrons. The van der Waals surface area contributed by atoms with Crippen molar-refractivity contribution in [1.29, 1.82) is 10.8 Å². The van der Waals surface area contributed by atoms with E-state index in [4.69, 9.17) is 39.8 Å². The van der Waals surface area contributed by atoms with Crippen LogP contribution in [0.15, 0.2) is 48.5 Å². The molecule has 0 spiro atoms. The minimum Gasteiger partial charge on any atom is -0.370 e. The molecule has 2 aromatic rings. The van der Waals surface area contributed by atoms with Crippen molar-refractivity contribution < 1.29 is 17.5 Å². The van der Waals surface area contributed by atoms with Crippen LogP contribution in [-0.4, -0.2) is 53.3 Å². The molecule has 8 N–H and O–H groups in total. The summed E-state index contributed by atoms with van der Waals surface area (Å²) in [5.41, 5.74) is 15.5. The molecule has 0 saturated heterocycles. The van der Waals surface area contributed by atoms with E-state index < -0.39 is 10.4 Å². The number of aryl methyl sites for hydroxylation is 2. The van der Waals surface area contributed by atoms with Crippen molar-refractivity contribution in [3.05, 3.63) is 70.8 Å². The highest BCUT2D eigenvalue weighted by Gasteiger charge is 2.01. The van der Waals surface area contributed by atoms with Gasteiger partial charge in [0, 0.05) is 27.2 Å². The van der Waals surface area contributed by atoms with E-state index in [1.807, 2.05) is 14.1 Å². The van der Waals surface area contributed by atoms with E-state index >= 15 is 0 Å². The Kier molecular flexibility index (Phi) is 11.9. The molecule has 31 heavy (non-hydrogen) atoms. The second kappa shape index (κ2) is 13.2. The molecule has 10 nitrogen and oxygen atoms in total. The highest BCUT2D eigenvalue weighted by atomic mass is 32.3. The number of benzene rings is 2. The van der Waals surface area contributed by atoms with E-state index in [1.165, 1.54) is 22.3 Å². The van der Waals surface area contributed by atoms with Crippen molar-refractivity contribution in [3.63, 3.8) is 0 Å². The van der Waals surface area contributed by atoms with E-state index in [-0.39, 0.29) is 11.9 Å². The van der Waals surface area contributed by atoms with Gasteiger partial charge in [0.1, 0.15) is 0 Å². The maximum Gasteiger partial charge on any atom is 0.394 e. The fourth-order valence-corrected chi connectivity index (χ4v) is 2.11. The molecule has 0 aromatic heterocycles. The lowest BCUT2D eigenvalue weighted by atomic mass is 10.1. The summed E-state index contributed by atoms with van der Waals surface area (Å²) >= 11 is 0. The standard InChI is InChI=1S/2C10H15N3.H2O4S/c2*1-8-3-5-9(6-4-8)7-13(2)10(11)12;1-5(2,3)4/h2*3-6H,7H2,1-2H3,(H3,11,12);(H2,1,2,3,4). The quantitative estimate of drug-likeness (QED) is 0.231. The maximum absolute atomic E-state index is 8.74. The molecule has 0 unspecified atom stereocenters. The highest BCUT2D eigenvalue weighted by Crippen LogP contribution is 2.06. The van der Waals surface area contributed by atoms with Crippen molar-refractivity contribution in [2.24, 2.45) is 11.5 Å². The molecule has 2 rings (SSSR count). The summed E-state index contributed by atoms with van der Waals surface area (Å²) in [5, 5.41) is 14.4. The second-order valence-corrected chi connectivity index (χ2v) is 7.80. The molecule has 0 atom stereocenters. The zero-order valence-electron chi connectivity index (χ0n) is 18.2. The zero-order chi connectivity index (χ0) is 24.2. The topological polar surface area (TPSA) is 181 Å². The molecular formula is C20H32N6O4S. The molecular weight excluding hydrogens is 420 g/mol. The van der Waals surface area contributed by atoms with Crippen LogP contribution in [0.4, 0.5) is 0 Å². The van der Waals surface area contributed by atoms with Crippen LogP contribution in [0, 0.1) is 24.7 Å². The van der Waals surface area contributed by atoms with Gasteiger partial charge in [-0.05, 0) is 25.0 Å². The molecule has 11 heteroatoms. The van der Waals surface area contributed by atoms with E-state index in [2.05, 4.69) is 62.4 Å². The largest absolute Gasteiger partial charge is 0.394 e. The van der Waals surface area contributed by atoms with Crippen LogP contribution >= 0.6 is 0 Å². The Morgan fingerprint density at radius 2 is 1.00 bits per heavy atom. The van der Waals surface area contributed by atoms with Crippen LogP contribution < -0.4 is 11.5 Å². The third-order valence-corrected chi connectivity index (χ3v) is 3.90. The lowest BCUT2D eigenvalue weighted by Crippen LogP contribution is -2.32. The van der Waals surface area contributed by atoms with Crippen LogP contribution in [0.2, 0.25) is 0 Å². The highest BCUT2D eigenvalue weighted by molar-refractivity contribution is 7.79. The van der Waals surface area contributed by atoms with E-state index in [0.29, 0.717) is 13.1 Å². The lowest BCUT2D eigenvalue weighted by Gasteiger charge is -2.16. The van der Waals surface area contributed by atoms with Gasteiger partial charge in [0.2, 0.25) is 0 Å². The van der Waals surface area contributed by atoms with Crippen molar-refractivity contribution in [3.8, 4) is 0 Å². The molecule has 0 radical (unpaired) electrons. The van der Waals surface area contributed by atoms with Gasteiger partial charge in [-0.25, -0.2) is 0 Å². The molecule has 0 bridgehead atoms. The summed E-state index contributed by atoms with van der Waals surface area (Å²) in [4.78, 5) is 3.40. The van der Waals surface area contributed by atoms with Gasteiger partial charge in [0.05, 0.1) is 0 Å². The van der Waals surface area contributed by atoms with Crippen molar-refractivity contribution in [1.82, 2.24) is 9.80 Å². The van der Waals surface area contributed by atoms with E-state index in [0.717, 1.165) is 0 Å². The van der Waals surface area contributed by atoms with Gasteiger partial charge in [0.25, 0.3) is 0 Å². The predicted octanol–water partition coefficient (Wildman–Crippen LogP) is 1.99. The average molecular weight is 453 g/mol. The van der Waals surface area contributed by atoms with Crippen molar-refractivity contribution in [2.45, 2.75) is 26.9 Å². The summed E-state index contributed by atoms with van der Waals surface area (Å²) < 4.78 is 31.6. The summed E-state index contributed by atoms with van der Waals surface area (Å²) in [6, 6.07) is 16.4. The zero-order valence-corrected chi connectivity index (χ0v) is 19.0. The molecule has 0 aliphatic carbocycles. The summed E-state index contributed by atoms with van der Waals surface area (Å²) in [5.74, 6) is 0.196. The Hall–Kier alpha value is -3.15. The molecule has 0 fully saturated rings. The van der Waals surface area contributed by atoms with Gasteiger partial charge in [-0.1, -0.05) is 59.7 Å². The number of guanidine groups is 2. The van der Waals surface area contributed by atoms with Gasteiger partial charge in [0.15, 0.2) is 11.9 Å². The van der Waals surface area contributed by atoms with Gasteiger partial charge in [-0.15, -0.1) is 0 Å². The van der Waals surface area contributed by atoms with Gasteiger partial charge < -0.3 is 21.3 Å². The number of nitrogens with two attached hydrogens (primary N) is 2. The minimum absolute atomic E-state index is 0.0978. The molecule has 0 saturated carbocycles. The number of hydrogen-bond acceptors (Lipinski definition) is 4. The Morgan fingerprint density at radius 3 is 1.19 bits per heavy atom. The Morgan fingerprint density at radius 1 is 0.774 bits per heavy atom. The summed E-state index contributed by atoms with van der Waals surface area (Å²) in [6.45, 7) is 5.49. The van der Waals surface area contributed by atoms with E-state index in [9.17, 15) is 0 Å². The van der Waals surface area contributed by atoms with E-state index in [1.54, 1.807) is 9.80 Å². The number of hydrogen-bond donors (Lipinski definition) is 6. The number of nitrogens with zero attached hydrogens (tertiary/aromatic N) is 2. The summed E-state index contributed by atoms with van der Waals surface area (Å²) in [6.07, 6.45) is 0. The van der Waals surface area contributed by atoms with Crippen LogP contribution in [0.3, 0.4) is 0 Å². The Bertz CT molecular complexity index is 860. The van der Waals surface area contributed by atoms with Crippen LogP contribution in [0.25, 0.3) is 0 Å². The molecule has 0 heterocycles. The second-order valence-electron chi connectivity index (χ2n) is 6.90.